The molecule has 0 fully saturated rings. The number of aryl methyl sites for hydroxylation is 2. The van der Waals surface area contributed by atoms with Gasteiger partial charge in [-0.05, 0) is 38.1 Å². The molecule has 20 heavy (non-hydrogen) atoms. The first kappa shape index (κ1) is 14.3. The summed E-state index contributed by atoms with van der Waals surface area (Å²) in [6.45, 7) is 5.22. The summed E-state index contributed by atoms with van der Waals surface area (Å²) in [4.78, 5) is 13.1. The molecule has 4 nitrogen and oxygen atoms in total. The molecule has 0 spiro atoms. The molecule has 0 atom stereocenters. The number of hydrogen-bond donors (Lipinski definition) is 1. The lowest BCUT2D eigenvalue weighted by Crippen LogP contribution is -2.17. The molecule has 106 valence electrons. The van der Waals surface area contributed by atoms with Crippen molar-refractivity contribution in [2.75, 3.05) is 7.05 Å². The molecule has 0 saturated carbocycles. The molecule has 1 aromatic carbocycles. The molecule has 0 aliphatic carbocycles. The van der Waals surface area contributed by atoms with E-state index < -0.39 is 5.97 Å². The third kappa shape index (κ3) is 3.27. The van der Waals surface area contributed by atoms with E-state index >= 15 is 0 Å². The molecular formula is C16H19NO3. The van der Waals surface area contributed by atoms with Crippen molar-refractivity contribution >= 4 is 5.97 Å². The van der Waals surface area contributed by atoms with Crippen molar-refractivity contribution in [2.45, 2.75) is 26.9 Å². The van der Waals surface area contributed by atoms with Crippen LogP contribution >= 0.6 is 0 Å². The maximum atomic E-state index is 10.9. The second-order valence-electron chi connectivity index (χ2n) is 5.13. The van der Waals surface area contributed by atoms with Gasteiger partial charge < -0.3 is 9.52 Å². The molecule has 0 aliphatic rings. The minimum Gasteiger partial charge on any atom is -0.475 e. The van der Waals surface area contributed by atoms with Gasteiger partial charge in [0.1, 0.15) is 5.76 Å². The summed E-state index contributed by atoms with van der Waals surface area (Å²) < 4.78 is 5.37. The van der Waals surface area contributed by atoms with Crippen molar-refractivity contribution in [3.63, 3.8) is 0 Å². The third-order valence-corrected chi connectivity index (χ3v) is 3.29. The molecule has 0 unspecified atom stereocenters. The van der Waals surface area contributed by atoms with Gasteiger partial charge in [0.15, 0.2) is 0 Å². The van der Waals surface area contributed by atoms with Gasteiger partial charge >= 0.3 is 5.97 Å². The topological polar surface area (TPSA) is 53.7 Å². The SMILES string of the molecule is Cc1ccccc1CN(C)Cc1cc(C)c(C(=O)O)o1. The van der Waals surface area contributed by atoms with Gasteiger partial charge in [-0.15, -0.1) is 0 Å². The van der Waals surface area contributed by atoms with Crippen LogP contribution in [0.2, 0.25) is 0 Å². The average Bonchev–Trinajstić information content (AvgIpc) is 2.73. The molecular weight excluding hydrogens is 254 g/mol. The normalized spacial score (nSPS) is 11.0. The molecule has 2 aromatic rings. The number of hydrogen-bond acceptors (Lipinski definition) is 3. The summed E-state index contributed by atoms with van der Waals surface area (Å²) in [6.07, 6.45) is 0. The van der Waals surface area contributed by atoms with E-state index in [2.05, 4.69) is 24.0 Å². The molecule has 0 aliphatic heterocycles. The maximum absolute atomic E-state index is 10.9. The van der Waals surface area contributed by atoms with Crippen molar-refractivity contribution in [3.05, 3.63) is 58.5 Å². The van der Waals surface area contributed by atoms with E-state index in [9.17, 15) is 4.79 Å². The second kappa shape index (κ2) is 5.92. The van der Waals surface area contributed by atoms with Crippen LogP contribution in [0.5, 0.6) is 0 Å². The zero-order valence-electron chi connectivity index (χ0n) is 12.0. The number of aromatic carboxylic acids is 1. The summed E-state index contributed by atoms with van der Waals surface area (Å²) in [7, 11) is 1.99. The first-order valence-corrected chi connectivity index (χ1v) is 6.53. The van der Waals surface area contributed by atoms with E-state index in [1.165, 1.54) is 11.1 Å². The van der Waals surface area contributed by atoms with Crippen LogP contribution in [0.4, 0.5) is 0 Å². The zero-order valence-corrected chi connectivity index (χ0v) is 12.0. The number of benzene rings is 1. The Kier molecular flexibility index (Phi) is 4.25. The van der Waals surface area contributed by atoms with Crippen molar-refractivity contribution in [2.24, 2.45) is 0 Å². The highest BCUT2D eigenvalue weighted by Crippen LogP contribution is 2.17. The summed E-state index contributed by atoms with van der Waals surface area (Å²) in [5, 5.41) is 8.98. The molecule has 0 radical (unpaired) electrons. The predicted octanol–water partition coefficient (Wildman–Crippen LogP) is 3.23. The largest absolute Gasteiger partial charge is 0.475 e. The first-order chi connectivity index (χ1) is 9.47. The fraction of sp³-hybridized carbons (Fsp3) is 0.312. The Labute approximate surface area is 118 Å². The number of carbonyl (C=O) groups is 1. The maximum Gasteiger partial charge on any atom is 0.372 e. The molecule has 1 aromatic heterocycles. The van der Waals surface area contributed by atoms with E-state index in [-0.39, 0.29) is 5.76 Å². The number of rotatable bonds is 5. The number of carboxylic acids is 1. The van der Waals surface area contributed by atoms with Gasteiger partial charge in [0, 0.05) is 12.1 Å². The van der Waals surface area contributed by atoms with Crippen LogP contribution in [-0.2, 0) is 13.1 Å². The van der Waals surface area contributed by atoms with Crippen LogP contribution in [-0.4, -0.2) is 23.0 Å². The molecule has 1 heterocycles. The van der Waals surface area contributed by atoms with Crippen LogP contribution in [0, 0.1) is 13.8 Å². The second-order valence-corrected chi connectivity index (χ2v) is 5.13. The van der Waals surface area contributed by atoms with Crippen LogP contribution < -0.4 is 0 Å². The lowest BCUT2D eigenvalue weighted by Gasteiger charge is -2.16. The molecule has 0 amide bonds. The van der Waals surface area contributed by atoms with Crippen LogP contribution in [0.3, 0.4) is 0 Å². The summed E-state index contributed by atoms with van der Waals surface area (Å²) >= 11 is 0. The van der Waals surface area contributed by atoms with Crippen molar-refractivity contribution in [1.82, 2.24) is 4.90 Å². The molecule has 0 saturated heterocycles. The van der Waals surface area contributed by atoms with E-state index in [1.54, 1.807) is 13.0 Å². The highest BCUT2D eigenvalue weighted by Gasteiger charge is 2.15. The Morgan fingerprint density at radius 1 is 1.20 bits per heavy atom. The molecule has 2 rings (SSSR count). The summed E-state index contributed by atoms with van der Waals surface area (Å²) in [5.41, 5.74) is 3.18. The Balaban J connectivity index is 2.05. The summed E-state index contributed by atoms with van der Waals surface area (Å²) in [6, 6.07) is 10.0. The van der Waals surface area contributed by atoms with E-state index in [0.717, 1.165) is 6.54 Å². The Bertz CT molecular complexity index is 616. The molecule has 0 bridgehead atoms. The fourth-order valence-electron chi connectivity index (χ4n) is 2.24. The fourth-order valence-corrected chi connectivity index (χ4v) is 2.24. The van der Waals surface area contributed by atoms with E-state index in [0.29, 0.717) is 17.9 Å². The van der Waals surface area contributed by atoms with Crippen molar-refractivity contribution in [3.8, 4) is 0 Å². The number of furan rings is 1. The highest BCUT2D eigenvalue weighted by atomic mass is 16.4. The van der Waals surface area contributed by atoms with Gasteiger partial charge in [-0.2, -0.15) is 0 Å². The average molecular weight is 273 g/mol. The first-order valence-electron chi connectivity index (χ1n) is 6.53. The van der Waals surface area contributed by atoms with Gasteiger partial charge in [-0.25, -0.2) is 4.79 Å². The Hall–Kier alpha value is -2.07. The van der Waals surface area contributed by atoms with Crippen LogP contribution in [0.1, 0.15) is 33.0 Å². The minimum absolute atomic E-state index is 0.0318. The lowest BCUT2D eigenvalue weighted by atomic mass is 10.1. The van der Waals surface area contributed by atoms with Gasteiger partial charge in [0.2, 0.25) is 5.76 Å². The monoisotopic (exact) mass is 273 g/mol. The third-order valence-electron chi connectivity index (χ3n) is 3.29. The van der Waals surface area contributed by atoms with Crippen LogP contribution in [0.25, 0.3) is 0 Å². The van der Waals surface area contributed by atoms with Gasteiger partial charge in [-0.1, -0.05) is 24.3 Å². The highest BCUT2D eigenvalue weighted by molar-refractivity contribution is 5.86. The van der Waals surface area contributed by atoms with Crippen molar-refractivity contribution in [1.29, 1.82) is 0 Å². The smallest absolute Gasteiger partial charge is 0.372 e. The van der Waals surface area contributed by atoms with Gasteiger partial charge in [-0.3, -0.25) is 4.90 Å². The Morgan fingerprint density at radius 2 is 1.90 bits per heavy atom. The van der Waals surface area contributed by atoms with Gasteiger partial charge in [0.05, 0.1) is 6.54 Å². The van der Waals surface area contributed by atoms with Crippen molar-refractivity contribution < 1.29 is 14.3 Å². The van der Waals surface area contributed by atoms with Crippen LogP contribution in [0.15, 0.2) is 34.7 Å². The summed E-state index contributed by atoms with van der Waals surface area (Å²) in [5.74, 6) is -0.310. The quantitative estimate of drug-likeness (QED) is 0.908. The van der Waals surface area contributed by atoms with E-state index in [4.69, 9.17) is 9.52 Å². The zero-order chi connectivity index (χ0) is 14.7. The Morgan fingerprint density at radius 3 is 2.50 bits per heavy atom. The van der Waals surface area contributed by atoms with E-state index in [1.807, 2.05) is 19.2 Å². The predicted molar refractivity (Wildman–Crippen MR) is 76.8 cm³/mol. The number of carboxylic acid groups (broad SMARTS) is 1. The molecule has 4 heteroatoms. The number of nitrogens with zero attached hydrogens (tertiary/aromatic N) is 1. The lowest BCUT2D eigenvalue weighted by molar-refractivity contribution is 0.0657. The molecule has 1 N–H and O–H groups in total. The standard InChI is InChI=1S/C16H19NO3/c1-11-6-4-5-7-13(11)9-17(3)10-14-8-12(2)15(20-14)16(18)19/h4-8H,9-10H2,1-3H3,(H,18,19). The minimum atomic E-state index is -1.02. The van der Waals surface area contributed by atoms with Gasteiger partial charge in [0.25, 0.3) is 0 Å².